The predicted molar refractivity (Wildman–Crippen MR) is 58.8 cm³/mol. The average Bonchev–Trinajstić information content (AvgIpc) is 2.66. The van der Waals surface area contributed by atoms with E-state index in [1.807, 2.05) is 14.1 Å². The van der Waals surface area contributed by atoms with Crippen LogP contribution < -0.4 is 5.32 Å². The Bertz CT molecular complexity index is 315. The SMILES string of the molecule is CN(C)C(C)(C)CNC(=O)c1ccco1. The van der Waals surface area contributed by atoms with Gasteiger partial charge in [-0.25, -0.2) is 0 Å². The number of nitrogens with one attached hydrogen (secondary N) is 1. The molecule has 4 heteroatoms. The van der Waals surface area contributed by atoms with Crippen LogP contribution in [0.5, 0.6) is 0 Å². The number of amides is 1. The van der Waals surface area contributed by atoms with E-state index in [-0.39, 0.29) is 11.4 Å². The number of nitrogens with zero attached hydrogens (tertiary/aromatic N) is 1. The van der Waals surface area contributed by atoms with Gasteiger partial charge in [-0.15, -0.1) is 0 Å². The van der Waals surface area contributed by atoms with Crippen molar-refractivity contribution in [2.75, 3.05) is 20.6 Å². The van der Waals surface area contributed by atoms with E-state index in [9.17, 15) is 4.79 Å². The molecule has 0 bridgehead atoms. The first-order valence-electron chi connectivity index (χ1n) is 4.92. The highest BCUT2D eigenvalue weighted by Crippen LogP contribution is 2.08. The summed E-state index contributed by atoms with van der Waals surface area (Å²) in [7, 11) is 3.97. The molecule has 1 rings (SSSR count). The van der Waals surface area contributed by atoms with Gasteiger partial charge >= 0.3 is 0 Å². The highest BCUT2D eigenvalue weighted by Gasteiger charge is 2.21. The third-order valence-corrected chi connectivity index (χ3v) is 2.64. The van der Waals surface area contributed by atoms with Crippen molar-refractivity contribution in [2.45, 2.75) is 19.4 Å². The van der Waals surface area contributed by atoms with Crippen molar-refractivity contribution in [1.82, 2.24) is 10.2 Å². The number of carbonyl (C=O) groups excluding carboxylic acids is 1. The van der Waals surface area contributed by atoms with Crippen LogP contribution in [0, 0.1) is 0 Å². The van der Waals surface area contributed by atoms with Gasteiger partial charge in [0, 0.05) is 12.1 Å². The molecular weight excluding hydrogens is 192 g/mol. The molecule has 0 spiro atoms. The van der Waals surface area contributed by atoms with Crippen LogP contribution in [-0.2, 0) is 0 Å². The zero-order chi connectivity index (χ0) is 11.5. The van der Waals surface area contributed by atoms with Crippen LogP contribution in [0.2, 0.25) is 0 Å². The summed E-state index contributed by atoms with van der Waals surface area (Å²) in [4.78, 5) is 13.6. The normalized spacial score (nSPS) is 11.8. The smallest absolute Gasteiger partial charge is 0.287 e. The molecular formula is C11H18N2O2. The molecule has 0 atom stereocenters. The molecule has 0 fully saturated rings. The van der Waals surface area contributed by atoms with E-state index >= 15 is 0 Å². The Labute approximate surface area is 90.3 Å². The second kappa shape index (κ2) is 4.49. The quantitative estimate of drug-likeness (QED) is 0.816. The van der Waals surface area contributed by atoms with Gasteiger partial charge in [-0.2, -0.15) is 0 Å². The van der Waals surface area contributed by atoms with E-state index in [2.05, 4.69) is 24.1 Å². The lowest BCUT2D eigenvalue weighted by molar-refractivity contribution is 0.0892. The first kappa shape index (κ1) is 11.8. The molecule has 0 aliphatic rings. The lowest BCUT2D eigenvalue weighted by Gasteiger charge is -2.32. The number of rotatable bonds is 4. The van der Waals surface area contributed by atoms with Crippen LogP contribution in [0.4, 0.5) is 0 Å². The summed E-state index contributed by atoms with van der Waals surface area (Å²) in [5.74, 6) is 0.180. The molecule has 0 aliphatic heterocycles. The molecule has 0 saturated carbocycles. The van der Waals surface area contributed by atoms with Gasteiger partial charge < -0.3 is 14.6 Å². The predicted octanol–water partition coefficient (Wildman–Crippen LogP) is 1.35. The van der Waals surface area contributed by atoms with Crippen LogP contribution in [0.3, 0.4) is 0 Å². The highest BCUT2D eigenvalue weighted by molar-refractivity contribution is 5.91. The Morgan fingerprint density at radius 2 is 2.20 bits per heavy atom. The van der Waals surface area contributed by atoms with Crippen LogP contribution in [-0.4, -0.2) is 37.0 Å². The molecule has 0 unspecified atom stereocenters. The maximum atomic E-state index is 11.6. The van der Waals surface area contributed by atoms with Crippen molar-refractivity contribution in [1.29, 1.82) is 0 Å². The van der Waals surface area contributed by atoms with E-state index in [1.165, 1.54) is 6.26 Å². The summed E-state index contributed by atoms with van der Waals surface area (Å²) in [5.41, 5.74) is -0.0672. The fourth-order valence-corrected chi connectivity index (χ4v) is 0.950. The van der Waals surface area contributed by atoms with Crippen LogP contribution in [0.25, 0.3) is 0 Å². The first-order chi connectivity index (χ1) is 6.93. The minimum atomic E-state index is -0.171. The van der Waals surface area contributed by atoms with Crippen LogP contribution >= 0.6 is 0 Å². The molecule has 1 amide bonds. The monoisotopic (exact) mass is 210 g/mol. The summed E-state index contributed by atoms with van der Waals surface area (Å²) >= 11 is 0. The zero-order valence-electron chi connectivity index (χ0n) is 9.70. The first-order valence-corrected chi connectivity index (χ1v) is 4.92. The van der Waals surface area contributed by atoms with Gasteiger partial charge in [0.1, 0.15) is 0 Å². The Kier molecular flexibility index (Phi) is 3.52. The fourth-order valence-electron chi connectivity index (χ4n) is 0.950. The topological polar surface area (TPSA) is 45.5 Å². The lowest BCUT2D eigenvalue weighted by Crippen LogP contribution is -2.48. The lowest BCUT2D eigenvalue weighted by atomic mass is 10.0. The minimum Gasteiger partial charge on any atom is -0.459 e. The summed E-state index contributed by atoms with van der Waals surface area (Å²) in [5, 5.41) is 2.83. The largest absolute Gasteiger partial charge is 0.459 e. The van der Waals surface area contributed by atoms with Crippen molar-refractivity contribution in [3.63, 3.8) is 0 Å². The zero-order valence-corrected chi connectivity index (χ0v) is 9.70. The van der Waals surface area contributed by atoms with Crippen molar-refractivity contribution >= 4 is 5.91 Å². The molecule has 4 nitrogen and oxygen atoms in total. The molecule has 84 valence electrons. The van der Waals surface area contributed by atoms with E-state index in [1.54, 1.807) is 12.1 Å². The summed E-state index contributed by atoms with van der Waals surface area (Å²) in [6.07, 6.45) is 1.49. The summed E-state index contributed by atoms with van der Waals surface area (Å²) in [6, 6.07) is 3.35. The Morgan fingerprint density at radius 3 is 2.67 bits per heavy atom. The van der Waals surface area contributed by atoms with E-state index in [0.717, 1.165) is 0 Å². The minimum absolute atomic E-state index is 0.0672. The van der Waals surface area contributed by atoms with E-state index < -0.39 is 0 Å². The highest BCUT2D eigenvalue weighted by atomic mass is 16.3. The van der Waals surface area contributed by atoms with Crippen LogP contribution in [0.1, 0.15) is 24.4 Å². The second-order valence-corrected chi connectivity index (χ2v) is 4.37. The van der Waals surface area contributed by atoms with Gasteiger partial charge in [0.2, 0.25) is 0 Å². The third kappa shape index (κ3) is 3.09. The van der Waals surface area contributed by atoms with Crippen LogP contribution in [0.15, 0.2) is 22.8 Å². The van der Waals surface area contributed by atoms with Crippen molar-refractivity contribution in [2.24, 2.45) is 0 Å². The van der Waals surface area contributed by atoms with Gasteiger partial charge in [-0.1, -0.05) is 0 Å². The third-order valence-electron chi connectivity index (χ3n) is 2.64. The molecule has 1 N–H and O–H groups in total. The van der Waals surface area contributed by atoms with Gasteiger partial charge in [-0.3, -0.25) is 4.79 Å². The maximum absolute atomic E-state index is 11.6. The van der Waals surface area contributed by atoms with Crippen molar-refractivity contribution < 1.29 is 9.21 Å². The van der Waals surface area contributed by atoms with Gasteiger partial charge in [0.25, 0.3) is 5.91 Å². The Balaban J connectivity index is 2.48. The molecule has 0 aliphatic carbocycles. The number of furan rings is 1. The second-order valence-electron chi connectivity index (χ2n) is 4.37. The molecule has 1 heterocycles. The molecule has 1 aromatic rings. The van der Waals surface area contributed by atoms with E-state index in [0.29, 0.717) is 12.3 Å². The Morgan fingerprint density at radius 1 is 1.53 bits per heavy atom. The average molecular weight is 210 g/mol. The van der Waals surface area contributed by atoms with Gasteiger partial charge in [0.05, 0.1) is 6.26 Å². The number of hydrogen-bond donors (Lipinski definition) is 1. The Hall–Kier alpha value is -1.29. The molecule has 0 saturated heterocycles. The fraction of sp³-hybridized carbons (Fsp3) is 0.545. The molecule has 0 aromatic carbocycles. The number of likely N-dealkylation sites (N-methyl/N-ethyl adjacent to an activating group) is 1. The van der Waals surface area contributed by atoms with Gasteiger partial charge in [0.15, 0.2) is 5.76 Å². The molecule has 1 aromatic heterocycles. The van der Waals surface area contributed by atoms with E-state index in [4.69, 9.17) is 4.42 Å². The molecule has 0 radical (unpaired) electrons. The summed E-state index contributed by atoms with van der Waals surface area (Å²) in [6.45, 7) is 4.71. The maximum Gasteiger partial charge on any atom is 0.287 e. The standard InChI is InChI=1S/C11H18N2O2/c1-11(2,13(3)4)8-12-10(14)9-6-5-7-15-9/h5-7H,8H2,1-4H3,(H,12,14). The molecule has 15 heavy (non-hydrogen) atoms. The van der Waals surface area contributed by atoms with Crippen molar-refractivity contribution in [3.05, 3.63) is 24.2 Å². The summed E-state index contributed by atoms with van der Waals surface area (Å²) < 4.78 is 5.00. The number of hydrogen-bond acceptors (Lipinski definition) is 3. The van der Waals surface area contributed by atoms with Gasteiger partial charge in [-0.05, 0) is 40.1 Å². The van der Waals surface area contributed by atoms with Crippen molar-refractivity contribution in [3.8, 4) is 0 Å². The number of carbonyl (C=O) groups is 1.